The average Bonchev–Trinajstić information content (AvgIpc) is 3.08. The van der Waals surface area contributed by atoms with E-state index in [0.717, 1.165) is 18.2 Å². The fourth-order valence-electron chi connectivity index (χ4n) is 2.94. The van der Waals surface area contributed by atoms with Crippen molar-refractivity contribution in [1.29, 1.82) is 0 Å². The van der Waals surface area contributed by atoms with E-state index in [0.29, 0.717) is 21.7 Å². The predicted octanol–water partition coefficient (Wildman–Crippen LogP) is 5.87. The van der Waals surface area contributed by atoms with E-state index in [1.54, 1.807) is 48.5 Å². The van der Waals surface area contributed by atoms with Crippen LogP contribution >= 0.6 is 11.6 Å². The van der Waals surface area contributed by atoms with Gasteiger partial charge in [0.25, 0.3) is 11.8 Å². The van der Waals surface area contributed by atoms with Crippen molar-refractivity contribution in [2.45, 2.75) is 0 Å². The first-order chi connectivity index (χ1) is 14.4. The van der Waals surface area contributed by atoms with E-state index >= 15 is 0 Å². The molecule has 4 rings (SSSR count). The highest BCUT2D eigenvalue weighted by Crippen LogP contribution is 2.32. The highest BCUT2D eigenvalue weighted by Gasteiger charge is 2.25. The molecule has 2 N–H and O–H groups in total. The smallest absolute Gasteiger partial charge is 0.293 e. The molecule has 2 amide bonds. The number of carbonyl (C=O) groups is 2. The van der Waals surface area contributed by atoms with Crippen LogP contribution in [0.2, 0.25) is 5.02 Å². The molecule has 0 fully saturated rings. The summed E-state index contributed by atoms with van der Waals surface area (Å²) in [5.41, 5.74) is 0.0156. The molecule has 0 aliphatic carbocycles. The second-order valence-electron chi connectivity index (χ2n) is 6.31. The molecule has 3 aromatic carbocycles. The van der Waals surface area contributed by atoms with Crippen LogP contribution in [0.4, 0.5) is 20.2 Å². The van der Waals surface area contributed by atoms with Crippen LogP contribution in [0.25, 0.3) is 11.0 Å². The number of rotatable bonds is 4. The van der Waals surface area contributed by atoms with Crippen LogP contribution in [-0.4, -0.2) is 11.8 Å². The van der Waals surface area contributed by atoms with E-state index in [9.17, 15) is 18.4 Å². The summed E-state index contributed by atoms with van der Waals surface area (Å²) in [4.78, 5) is 25.4. The summed E-state index contributed by atoms with van der Waals surface area (Å²) >= 11 is 5.84. The van der Waals surface area contributed by atoms with Gasteiger partial charge in [0.05, 0.1) is 0 Å². The van der Waals surface area contributed by atoms with Gasteiger partial charge in [-0.1, -0.05) is 29.8 Å². The molecule has 0 saturated heterocycles. The number of furan rings is 1. The van der Waals surface area contributed by atoms with E-state index in [1.807, 2.05) is 0 Å². The van der Waals surface area contributed by atoms with Crippen LogP contribution in [0.1, 0.15) is 20.9 Å². The van der Waals surface area contributed by atoms with Crippen LogP contribution in [0.5, 0.6) is 0 Å². The Labute approximate surface area is 174 Å². The van der Waals surface area contributed by atoms with E-state index in [-0.39, 0.29) is 11.4 Å². The third-order valence-corrected chi connectivity index (χ3v) is 4.58. The van der Waals surface area contributed by atoms with E-state index < -0.39 is 29.0 Å². The summed E-state index contributed by atoms with van der Waals surface area (Å²) in [7, 11) is 0. The fourth-order valence-corrected chi connectivity index (χ4v) is 3.07. The van der Waals surface area contributed by atoms with Crippen LogP contribution < -0.4 is 10.6 Å². The van der Waals surface area contributed by atoms with Gasteiger partial charge in [-0.05, 0) is 48.5 Å². The number of fused-ring (bicyclic) bond motifs is 1. The van der Waals surface area contributed by atoms with Crippen molar-refractivity contribution in [1.82, 2.24) is 0 Å². The number of benzene rings is 3. The van der Waals surface area contributed by atoms with Gasteiger partial charge in [0.2, 0.25) is 5.76 Å². The number of carbonyl (C=O) groups excluding carboxylic acids is 2. The second kappa shape index (κ2) is 7.96. The number of hydrogen-bond acceptors (Lipinski definition) is 3. The molecule has 8 heteroatoms. The minimum Gasteiger partial charge on any atom is -0.449 e. The topological polar surface area (TPSA) is 71.3 Å². The van der Waals surface area contributed by atoms with Gasteiger partial charge in [-0.3, -0.25) is 9.59 Å². The molecule has 0 saturated carbocycles. The van der Waals surface area contributed by atoms with Crippen LogP contribution in [-0.2, 0) is 0 Å². The molecule has 150 valence electrons. The van der Waals surface area contributed by atoms with Gasteiger partial charge in [0, 0.05) is 16.1 Å². The first kappa shape index (κ1) is 19.6. The van der Waals surface area contributed by atoms with E-state index in [2.05, 4.69) is 10.6 Å². The average molecular weight is 427 g/mol. The minimum absolute atomic E-state index is 0.00437. The van der Waals surface area contributed by atoms with Crippen molar-refractivity contribution < 1.29 is 22.8 Å². The molecule has 0 aliphatic heterocycles. The summed E-state index contributed by atoms with van der Waals surface area (Å²) < 4.78 is 33.6. The Morgan fingerprint density at radius 2 is 1.47 bits per heavy atom. The summed E-state index contributed by atoms with van der Waals surface area (Å²) in [5, 5.41) is 5.95. The maximum Gasteiger partial charge on any atom is 0.293 e. The largest absolute Gasteiger partial charge is 0.449 e. The van der Waals surface area contributed by atoms with Crippen LogP contribution in [0.15, 0.2) is 71.1 Å². The Hall–Kier alpha value is -3.71. The third-order valence-electron chi connectivity index (χ3n) is 4.33. The molecule has 1 aromatic heterocycles. The molecule has 0 atom stereocenters. The number of amides is 2. The maximum atomic E-state index is 14.0. The molecule has 0 aliphatic rings. The Bertz CT molecular complexity index is 1250. The predicted molar refractivity (Wildman–Crippen MR) is 110 cm³/mol. The summed E-state index contributed by atoms with van der Waals surface area (Å²) in [6.45, 7) is 0. The molecule has 30 heavy (non-hydrogen) atoms. The number of nitrogens with one attached hydrogen (secondary N) is 2. The highest BCUT2D eigenvalue weighted by molar-refractivity contribution is 6.30. The van der Waals surface area contributed by atoms with Crippen molar-refractivity contribution in [2.75, 3.05) is 10.6 Å². The quantitative estimate of drug-likeness (QED) is 0.428. The number of para-hydroxylation sites is 1. The standard InChI is InChI=1S/C22H13ClF2N2O3/c23-12-8-10-13(11-9-12)26-22(29)20-19(14-4-1-2-7-17(14)30-20)27-21(28)18-15(24)5-3-6-16(18)25/h1-11H,(H,26,29)(H,27,28). The highest BCUT2D eigenvalue weighted by atomic mass is 35.5. The second-order valence-corrected chi connectivity index (χ2v) is 6.75. The molecule has 0 radical (unpaired) electrons. The monoisotopic (exact) mass is 426 g/mol. The van der Waals surface area contributed by atoms with Gasteiger partial charge in [-0.15, -0.1) is 0 Å². The molecular weight excluding hydrogens is 414 g/mol. The zero-order valence-electron chi connectivity index (χ0n) is 15.2. The van der Waals surface area contributed by atoms with Crippen molar-refractivity contribution in [2.24, 2.45) is 0 Å². The molecule has 0 bridgehead atoms. The third kappa shape index (κ3) is 3.75. The van der Waals surface area contributed by atoms with Crippen molar-refractivity contribution in [3.63, 3.8) is 0 Å². The molecule has 0 spiro atoms. The lowest BCUT2D eigenvalue weighted by Crippen LogP contribution is -2.19. The van der Waals surface area contributed by atoms with Crippen LogP contribution in [0, 0.1) is 11.6 Å². The molecule has 4 aromatic rings. The number of anilines is 2. The van der Waals surface area contributed by atoms with Crippen molar-refractivity contribution >= 4 is 45.8 Å². The Morgan fingerprint density at radius 3 is 2.17 bits per heavy atom. The van der Waals surface area contributed by atoms with E-state index in [1.165, 1.54) is 0 Å². The first-order valence-electron chi connectivity index (χ1n) is 8.78. The summed E-state index contributed by atoms with van der Waals surface area (Å²) in [5.74, 6) is -3.95. The molecule has 5 nitrogen and oxygen atoms in total. The Balaban J connectivity index is 1.72. The van der Waals surface area contributed by atoms with Gasteiger partial charge in [-0.2, -0.15) is 0 Å². The lowest BCUT2D eigenvalue weighted by Gasteiger charge is -2.08. The van der Waals surface area contributed by atoms with Crippen LogP contribution in [0.3, 0.4) is 0 Å². The van der Waals surface area contributed by atoms with Gasteiger partial charge < -0.3 is 15.1 Å². The zero-order valence-corrected chi connectivity index (χ0v) is 16.0. The fraction of sp³-hybridized carbons (Fsp3) is 0. The lowest BCUT2D eigenvalue weighted by atomic mass is 10.1. The summed E-state index contributed by atoms with van der Waals surface area (Å²) in [6.07, 6.45) is 0. The van der Waals surface area contributed by atoms with Crippen molar-refractivity contribution in [3.8, 4) is 0 Å². The number of hydrogen-bond donors (Lipinski definition) is 2. The lowest BCUT2D eigenvalue weighted by molar-refractivity contribution is 0.0999. The van der Waals surface area contributed by atoms with Crippen molar-refractivity contribution in [3.05, 3.63) is 94.7 Å². The van der Waals surface area contributed by atoms with E-state index in [4.69, 9.17) is 16.0 Å². The SMILES string of the molecule is O=C(Nc1ccc(Cl)cc1)c1oc2ccccc2c1NC(=O)c1c(F)cccc1F. The minimum atomic E-state index is -1.04. The maximum absolute atomic E-state index is 14.0. The molecule has 0 unspecified atom stereocenters. The summed E-state index contributed by atoms with van der Waals surface area (Å²) in [6, 6.07) is 16.1. The van der Waals surface area contributed by atoms with Gasteiger partial charge >= 0.3 is 0 Å². The molecule has 1 heterocycles. The first-order valence-corrected chi connectivity index (χ1v) is 9.15. The number of halogens is 3. The Kier molecular flexibility index (Phi) is 5.20. The van der Waals surface area contributed by atoms with Gasteiger partial charge in [0.15, 0.2) is 0 Å². The normalized spacial score (nSPS) is 10.8. The Morgan fingerprint density at radius 1 is 0.800 bits per heavy atom. The van der Waals surface area contributed by atoms with Gasteiger partial charge in [-0.25, -0.2) is 8.78 Å². The zero-order chi connectivity index (χ0) is 21.3. The molecular formula is C22H13ClF2N2O3. The van der Waals surface area contributed by atoms with Gasteiger partial charge in [0.1, 0.15) is 28.5 Å².